The van der Waals surface area contributed by atoms with Gasteiger partial charge in [-0.3, -0.25) is 35.7 Å². The Morgan fingerprint density at radius 1 is 0.796 bits per heavy atom. The van der Waals surface area contributed by atoms with Gasteiger partial charge in [0.1, 0.15) is 11.4 Å². The second-order valence-electron chi connectivity index (χ2n) is 11.2. The number of amides is 3. The van der Waals surface area contributed by atoms with Crippen molar-refractivity contribution in [1.82, 2.24) is 10.2 Å². The number of nitrogens with one attached hydrogen (secondary N) is 3. The topological polar surface area (TPSA) is 195 Å². The summed E-state index contributed by atoms with van der Waals surface area (Å²) >= 11 is 3.02. The first-order valence-electron chi connectivity index (χ1n) is 15.1. The van der Waals surface area contributed by atoms with Gasteiger partial charge in [0.05, 0.1) is 23.1 Å². The zero-order valence-electron chi connectivity index (χ0n) is 26.2. The molecule has 0 spiro atoms. The fraction of sp³-hybridized carbons (Fsp3) is 0.281. The summed E-state index contributed by atoms with van der Waals surface area (Å²) in [5.41, 5.74) is 1.45. The zero-order valence-corrected chi connectivity index (χ0v) is 27.8. The molecule has 17 heteroatoms. The van der Waals surface area contributed by atoms with Crippen molar-refractivity contribution >= 4 is 63.5 Å². The molecule has 2 aliphatic heterocycles. The van der Waals surface area contributed by atoms with E-state index in [-0.39, 0.29) is 41.2 Å². The molecule has 256 valence electrons. The lowest BCUT2D eigenvalue weighted by Crippen LogP contribution is -2.51. The average molecular weight is 709 g/mol. The van der Waals surface area contributed by atoms with E-state index in [1.165, 1.54) is 41.7 Å². The lowest BCUT2D eigenvalue weighted by atomic mass is 10.0. The summed E-state index contributed by atoms with van der Waals surface area (Å²) in [6.07, 6.45) is -1.43. The lowest BCUT2D eigenvalue weighted by Gasteiger charge is -2.38. The monoisotopic (exact) mass is 708 g/mol. The molecule has 3 amide bonds. The van der Waals surface area contributed by atoms with Gasteiger partial charge in [-0.2, -0.15) is 0 Å². The molecule has 2 aromatic heterocycles. The Bertz CT molecular complexity index is 1810. The Morgan fingerprint density at radius 2 is 1.27 bits per heavy atom. The molecule has 0 atom stereocenters. The van der Waals surface area contributed by atoms with Crippen molar-refractivity contribution in [3.8, 4) is 20.9 Å². The smallest absolute Gasteiger partial charge is 0.411 e. The number of nitro benzene ring substituents is 2. The maximum absolute atomic E-state index is 12.0. The lowest BCUT2D eigenvalue weighted by molar-refractivity contribution is -0.384. The molecule has 2 aliphatic rings. The predicted octanol–water partition coefficient (Wildman–Crippen LogP) is 6.44. The summed E-state index contributed by atoms with van der Waals surface area (Å²) in [7, 11) is 0. The number of benzene rings is 2. The molecule has 4 aromatic rings. The van der Waals surface area contributed by atoms with Crippen LogP contribution in [0.2, 0.25) is 0 Å². The Morgan fingerprint density at radius 3 is 1.63 bits per heavy atom. The van der Waals surface area contributed by atoms with Crippen molar-refractivity contribution in [2.45, 2.75) is 6.92 Å². The molecular formula is C32H32N6O9S2. The standard InChI is InChI=1S/C17H17N3O5S.C15H15N3O4S/c1-11(21)19-8-12(9-19)10-25-17(22)18-14-7-13(16-3-2-6-26-16)4-5-15(14)20(23)24;19-15(22-9-10-7-16-8-10)17-12-6-11(14-2-1-5-23-14)3-4-13(12)18(20)21/h2-7,12H,8-10H2,1H3,(H,18,22);1-6,10,16H,7-9H2,(H,17,19). The third-order valence-corrected chi connectivity index (χ3v) is 9.48. The van der Waals surface area contributed by atoms with E-state index in [4.69, 9.17) is 9.47 Å². The number of thiophene rings is 2. The van der Waals surface area contributed by atoms with Gasteiger partial charge in [0.2, 0.25) is 5.91 Å². The minimum absolute atomic E-state index is 0.00767. The molecule has 0 radical (unpaired) electrons. The predicted molar refractivity (Wildman–Crippen MR) is 185 cm³/mol. The highest BCUT2D eigenvalue weighted by molar-refractivity contribution is 7.13. The van der Waals surface area contributed by atoms with Crippen molar-refractivity contribution in [3.63, 3.8) is 0 Å². The Labute approximate surface area is 288 Å². The summed E-state index contributed by atoms with van der Waals surface area (Å²) in [4.78, 5) is 59.8. The Balaban J connectivity index is 0.000000192. The Kier molecular flexibility index (Phi) is 11.5. The number of hydrogen-bond donors (Lipinski definition) is 3. The van der Waals surface area contributed by atoms with E-state index < -0.39 is 22.0 Å². The SMILES string of the molecule is CC(=O)N1CC(COC(=O)Nc2cc(-c3cccs3)ccc2[N+](=O)[O-])C1.O=C(Nc1cc(-c2cccs2)ccc1[N+](=O)[O-])OCC1CNC1. The normalized spacial score (nSPS) is 13.9. The van der Waals surface area contributed by atoms with Crippen LogP contribution in [-0.4, -0.2) is 72.2 Å². The van der Waals surface area contributed by atoms with Gasteiger partial charge >= 0.3 is 12.2 Å². The van der Waals surface area contributed by atoms with E-state index in [1.807, 2.05) is 35.0 Å². The number of likely N-dealkylation sites (tertiary alicyclic amines) is 1. The molecule has 0 bridgehead atoms. The van der Waals surface area contributed by atoms with Crippen LogP contribution in [-0.2, 0) is 14.3 Å². The third-order valence-electron chi connectivity index (χ3n) is 7.64. The second kappa shape index (κ2) is 16.1. The molecular weight excluding hydrogens is 677 g/mol. The van der Waals surface area contributed by atoms with Gasteiger partial charge in [0.25, 0.3) is 11.4 Å². The summed E-state index contributed by atoms with van der Waals surface area (Å²) in [6.45, 7) is 4.70. The highest BCUT2D eigenvalue weighted by Crippen LogP contribution is 2.34. The van der Waals surface area contributed by atoms with Gasteiger partial charge in [0.15, 0.2) is 0 Å². The van der Waals surface area contributed by atoms with Gasteiger partial charge in [0, 0.05) is 66.8 Å². The number of nitro groups is 2. The van der Waals surface area contributed by atoms with Crippen LogP contribution in [0, 0.1) is 32.1 Å². The molecule has 15 nitrogen and oxygen atoms in total. The molecule has 2 aromatic carbocycles. The number of ether oxygens (including phenoxy) is 2. The maximum Gasteiger partial charge on any atom is 0.411 e. The maximum atomic E-state index is 12.0. The molecule has 0 aliphatic carbocycles. The molecule has 49 heavy (non-hydrogen) atoms. The molecule has 4 heterocycles. The minimum atomic E-state index is -0.752. The average Bonchev–Trinajstić information content (AvgIpc) is 3.75. The van der Waals surface area contributed by atoms with E-state index in [9.17, 15) is 34.6 Å². The second-order valence-corrected chi connectivity index (χ2v) is 13.1. The summed E-state index contributed by atoms with van der Waals surface area (Å²) in [5, 5.41) is 34.2. The number of carbonyl (C=O) groups is 3. The first kappa shape index (κ1) is 34.9. The summed E-state index contributed by atoms with van der Waals surface area (Å²) < 4.78 is 10.2. The molecule has 2 fully saturated rings. The number of anilines is 2. The van der Waals surface area contributed by atoms with Crippen LogP contribution in [0.1, 0.15) is 6.92 Å². The van der Waals surface area contributed by atoms with Gasteiger partial charge < -0.3 is 19.7 Å². The van der Waals surface area contributed by atoms with Crippen LogP contribution in [0.3, 0.4) is 0 Å². The highest BCUT2D eigenvalue weighted by Gasteiger charge is 2.30. The molecule has 3 N–H and O–H groups in total. The van der Waals surface area contributed by atoms with E-state index in [1.54, 1.807) is 29.2 Å². The minimum Gasteiger partial charge on any atom is -0.449 e. The van der Waals surface area contributed by atoms with Crippen molar-refractivity contribution < 1.29 is 33.7 Å². The number of rotatable bonds is 10. The summed E-state index contributed by atoms with van der Waals surface area (Å²) in [5.74, 6) is 0.400. The number of carbonyl (C=O) groups excluding carboxylic acids is 3. The molecule has 0 saturated carbocycles. The number of hydrogen-bond acceptors (Lipinski definition) is 12. The van der Waals surface area contributed by atoms with E-state index in [2.05, 4.69) is 16.0 Å². The van der Waals surface area contributed by atoms with E-state index in [0.717, 1.165) is 34.0 Å². The van der Waals surface area contributed by atoms with Crippen LogP contribution in [0.25, 0.3) is 20.9 Å². The van der Waals surface area contributed by atoms with E-state index >= 15 is 0 Å². The summed E-state index contributed by atoms with van der Waals surface area (Å²) in [6, 6.07) is 16.8. The van der Waals surface area contributed by atoms with Gasteiger partial charge in [-0.25, -0.2) is 9.59 Å². The van der Waals surface area contributed by atoms with Crippen molar-refractivity contribution in [3.05, 3.63) is 91.7 Å². The fourth-order valence-electron chi connectivity index (χ4n) is 4.86. The fourth-order valence-corrected chi connectivity index (χ4v) is 6.31. The first-order chi connectivity index (χ1) is 23.6. The van der Waals surface area contributed by atoms with Gasteiger partial charge in [-0.15, -0.1) is 22.7 Å². The zero-order chi connectivity index (χ0) is 34.9. The van der Waals surface area contributed by atoms with Gasteiger partial charge in [-0.1, -0.05) is 12.1 Å². The largest absolute Gasteiger partial charge is 0.449 e. The van der Waals surface area contributed by atoms with Crippen LogP contribution in [0.4, 0.5) is 32.3 Å². The van der Waals surface area contributed by atoms with Crippen molar-refractivity contribution in [2.75, 3.05) is 50.0 Å². The van der Waals surface area contributed by atoms with Crippen LogP contribution >= 0.6 is 22.7 Å². The van der Waals surface area contributed by atoms with Gasteiger partial charge in [-0.05, 0) is 58.3 Å². The van der Waals surface area contributed by atoms with Crippen LogP contribution < -0.4 is 16.0 Å². The van der Waals surface area contributed by atoms with Crippen LogP contribution in [0.15, 0.2) is 71.4 Å². The van der Waals surface area contributed by atoms with Crippen molar-refractivity contribution in [2.24, 2.45) is 11.8 Å². The van der Waals surface area contributed by atoms with Crippen LogP contribution in [0.5, 0.6) is 0 Å². The van der Waals surface area contributed by atoms with Crippen molar-refractivity contribution in [1.29, 1.82) is 0 Å². The first-order valence-corrected chi connectivity index (χ1v) is 16.8. The molecule has 2 saturated heterocycles. The highest BCUT2D eigenvalue weighted by atomic mass is 32.1. The Hall–Kier alpha value is -5.39. The quantitative estimate of drug-likeness (QED) is 0.122. The number of nitrogens with zero attached hydrogens (tertiary/aromatic N) is 3. The van der Waals surface area contributed by atoms with E-state index in [0.29, 0.717) is 25.6 Å². The molecule has 0 unspecified atom stereocenters. The molecule has 6 rings (SSSR count). The third kappa shape index (κ3) is 9.37.